The van der Waals surface area contributed by atoms with Gasteiger partial charge in [0, 0.05) is 25.4 Å². The highest BCUT2D eigenvalue weighted by molar-refractivity contribution is 7.89. The minimum atomic E-state index is -4.76. The van der Waals surface area contributed by atoms with Gasteiger partial charge in [0.1, 0.15) is 5.75 Å². The number of likely N-dealkylation sites (tertiary alicyclic amines) is 1. The van der Waals surface area contributed by atoms with Crippen molar-refractivity contribution in [2.24, 2.45) is 11.1 Å². The van der Waals surface area contributed by atoms with Gasteiger partial charge in [-0.3, -0.25) is 4.79 Å². The van der Waals surface area contributed by atoms with Gasteiger partial charge in [-0.1, -0.05) is 12.1 Å². The molecule has 128 valence electrons. The van der Waals surface area contributed by atoms with Crippen molar-refractivity contribution in [2.45, 2.75) is 19.3 Å². The molecule has 10 heteroatoms. The Labute approximate surface area is 131 Å². The van der Waals surface area contributed by atoms with Gasteiger partial charge in [-0.05, 0) is 17.7 Å². The standard InChI is InChI=1S/C13H15F3N2O4S/c14-13(15,16)22-11-3-1-9(2-4-11)6-18-7-10(5-12(18)19)8-23(17,20)21/h1-4,10H,5-8H2,(H2,17,20,21). The van der Waals surface area contributed by atoms with Gasteiger partial charge in [0.2, 0.25) is 15.9 Å². The first-order chi connectivity index (χ1) is 10.5. The molecule has 6 nitrogen and oxygen atoms in total. The molecular weight excluding hydrogens is 337 g/mol. The van der Waals surface area contributed by atoms with Crippen LogP contribution in [0.5, 0.6) is 5.75 Å². The molecule has 1 heterocycles. The van der Waals surface area contributed by atoms with Crippen LogP contribution in [0, 0.1) is 5.92 Å². The van der Waals surface area contributed by atoms with Crippen molar-refractivity contribution in [3.05, 3.63) is 29.8 Å². The topological polar surface area (TPSA) is 89.7 Å². The van der Waals surface area contributed by atoms with Gasteiger partial charge in [0.05, 0.1) is 5.75 Å². The van der Waals surface area contributed by atoms with Crippen LogP contribution in [0.1, 0.15) is 12.0 Å². The zero-order chi connectivity index (χ0) is 17.3. The van der Waals surface area contributed by atoms with Crippen LogP contribution >= 0.6 is 0 Å². The third-order valence-electron chi connectivity index (χ3n) is 3.29. The summed E-state index contributed by atoms with van der Waals surface area (Å²) in [5, 5.41) is 4.96. The molecule has 2 rings (SSSR count). The number of alkyl halides is 3. The summed E-state index contributed by atoms with van der Waals surface area (Å²) in [5.41, 5.74) is 0.615. The van der Waals surface area contributed by atoms with Crippen molar-refractivity contribution >= 4 is 15.9 Å². The van der Waals surface area contributed by atoms with E-state index in [2.05, 4.69) is 4.74 Å². The number of carbonyl (C=O) groups is 1. The van der Waals surface area contributed by atoms with Crippen LogP contribution in [-0.2, 0) is 21.4 Å². The number of benzene rings is 1. The summed E-state index contributed by atoms with van der Waals surface area (Å²) in [6, 6.07) is 5.15. The summed E-state index contributed by atoms with van der Waals surface area (Å²) >= 11 is 0. The number of primary sulfonamides is 1. The van der Waals surface area contributed by atoms with Gasteiger partial charge >= 0.3 is 6.36 Å². The fourth-order valence-electron chi connectivity index (χ4n) is 2.46. The van der Waals surface area contributed by atoms with E-state index in [9.17, 15) is 26.4 Å². The normalized spacial score (nSPS) is 19.2. The van der Waals surface area contributed by atoms with Crippen LogP contribution in [0.25, 0.3) is 0 Å². The van der Waals surface area contributed by atoms with E-state index in [1.165, 1.54) is 17.0 Å². The van der Waals surface area contributed by atoms with E-state index >= 15 is 0 Å². The quantitative estimate of drug-likeness (QED) is 0.863. The van der Waals surface area contributed by atoms with Crippen molar-refractivity contribution in [3.63, 3.8) is 0 Å². The average molecular weight is 352 g/mol. The molecule has 1 atom stereocenters. The third kappa shape index (κ3) is 5.71. The first-order valence-electron chi connectivity index (χ1n) is 6.65. The number of nitrogens with zero attached hydrogens (tertiary/aromatic N) is 1. The molecule has 23 heavy (non-hydrogen) atoms. The van der Waals surface area contributed by atoms with Gasteiger partial charge in [-0.15, -0.1) is 13.2 Å². The Bertz CT molecular complexity index is 673. The highest BCUT2D eigenvalue weighted by atomic mass is 32.2. The lowest BCUT2D eigenvalue weighted by Gasteiger charge is -2.17. The second kappa shape index (κ2) is 6.36. The lowest BCUT2D eigenvalue weighted by Crippen LogP contribution is -2.27. The monoisotopic (exact) mass is 352 g/mol. The summed E-state index contributed by atoms with van der Waals surface area (Å²) in [5.74, 6) is -1.20. The molecule has 1 fully saturated rings. The number of amides is 1. The van der Waals surface area contributed by atoms with Gasteiger partial charge in [-0.2, -0.15) is 0 Å². The van der Waals surface area contributed by atoms with Crippen LogP contribution in [0.2, 0.25) is 0 Å². The van der Waals surface area contributed by atoms with Crippen LogP contribution in [-0.4, -0.2) is 37.9 Å². The Kier molecular flexibility index (Phi) is 4.85. The minimum absolute atomic E-state index is 0.0890. The molecule has 1 aliphatic rings. The number of hydrogen-bond acceptors (Lipinski definition) is 4. The van der Waals surface area contributed by atoms with E-state index in [0.29, 0.717) is 5.56 Å². The molecule has 1 aromatic rings. The number of ether oxygens (including phenoxy) is 1. The van der Waals surface area contributed by atoms with E-state index in [4.69, 9.17) is 5.14 Å². The zero-order valence-corrected chi connectivity index (χ0v) is 12.7. The van der Waals surface area contributed by atoms with Crippen molar-refractivity contribution in [1.29, 1.82) is 0 Å². The number of hydrogen-bond donors (Lipinski definition) is 1. The van der Waals surface area contributed by atoms with Crippen LogP contribution < -0.4 is 9.88 Å². The largest absolute Gasteiger partial charge is 0.573 e. The molecule has 0 aliphatic carbocycles. The van der Waals surface area contributed by atoms with E-state index in [0.717, 1.165) is 12.1 Å². The van der Waals surface area contributed by atoms with Crippen LogP contribution in [0.3, 0.4) is 0 Å². The first-order valence-corrected chi connectivity index (χ1v) is 8.36. The Hall–Kier alpha value is -1.81. The molecule has 0 aromatic heterocycles. The highest BCUT2D eigenvalue weighted by Crippen LogP contribution is 2.25. The molecule has 0 bridgehead atoms. The minimum Gasteiger partial charge on any atom is -0.406 e. The molecule has 1 aliphatic heterocycles. The maximum absolute atomic E-state index is 12.1. The van der Waals surface area contributed by atoms with Gasteiger partial charge in [-0.25, -0.2) is 13.6 Å². The van der Waals surface area contributed by atoms with E-state index in [-0.39, 0.29) is 42.8 Å². The molecule has 0 spiro atoms. The SMILES string of the molecule is NS(=O)(=O)CC1CC(=O)N(Cc2ccc(OC(F)(F)F)cc2)C1. The second-order valence-electron chi connectivity index (χ2n) is 5.37. The van der Waals surface area contributed by atoms with E-state index in [1.54, 1.807) is 0 Å². The molecule has 1 saturated heterocycles. The predicted octanol–water partition coefficient (Wildman–Crippen LogP) is 1.22. The van der Waals surface area contributed by atoms with Crippen LogP contribution in [0.4, 0.5) is 13.2 Å². The van der Waals surface area contributed by atoms with Gasteiger partial charge in [0.15, 0.2) is 0 Å². The van der Waals surface area contributed by atoms with Crippen molar-refractivity contribution in [2.75, 3.05) is 12.3 Å². The number of sulfonamides is 1. The molecule has 1 aromatic carbocycles. The Morgan fingerprint density at radius 2 is 1.87 bits per heavy atom. The zero-order valence-electron chi connectivity index (χ0n) is 11.9. The fraction of sp³-hybridized carbons (Fsp3) is 0.462. The lowest BCUT2D eigenvalue weighted by molar-refractivity contribution is -0.274. The fourth-order valence-corrected chi connectivity index (χ4v) is 3.34. The summed E-state index contributed by atoms with van der Waals surface area (Å²) in [6.45, 7) is 0.433. The molecule has 1 amide bonds. The summed E-state index contributed by atoms with van der Waals surface area (Å²) < 4.78 is 62.1. The summed E-state index contributed by atoms with van der Waals surface area (Å²) in [6.07, 6.45) is -4.67. The summed E-state index contributed by atoms with van der Waals surface area (Å²) in [7, 11) is -3.65. The Balaban J connectivity index is 1.96. The second-order valence-corrected chi connectivity index (χ2v) is 7.02. The number of rotatable bonds is 5. The van der Waals surface area contributed by atoms with Crippen LogP contribution in [0.15, 0.2) is 24.3 Å². The molecular formula is C13H15F3N2O4S. The van der Waals surface area contributed by atoms with Crippen molar-refractivity contribution in [1.82, 2.24) is 4.90 Å². The van der Waals surface area contributed by atoms with E-state index < -0.39 is 16.4 Å². The van der Waals surface area contributed by atoms with Crippen molar-refractivity contribution < 1.29 is 31.1 Å². The highest BCUT2D eigenvalue weighted by Gasteiger charge is 2.32. The maximum atomic E-state index is 12.1. The Morgan fingerprint density at radius 3 is 2.39 bits per heavy atom. The predicted molar refractivity (Wildman–Crippen MR) is 74.6 cm³/mol. The van der Waals surface area contributed by atoms with Crippen molar-refractivity contribution in [3.8, 4) is 5.75 Å². The third-order valence-corrected chi connectivity index (χ3v) is 4.23. The smallest absolute Gasteiger partial charge is 0.406 e. The number of halogens is 3. The number of carbonyl (C=O) groups excluding carboxylic acids is 1. The summed E-state index contributed by atoms with van der Waals surface area (Å²) in [4.78, 5) is 13.3. The van der Waals surface area contributed by atoms with E-state index in [1.807, 2.05) is 0 Å². The molecule has 2 N–H and O–H groups in total. The van der Waals surface area contributed by atoms with Gasteiger partial charge < -0.3 is 9.64 Å². The average Bonchev–Trinajstić information content (AvgIpc) is 2.68. The molecule has 0 radical (unpaired) electrons. The lowest BCUT2D eigenvalue weighted by atomic mass is 10.1. The first kappa shape index (κ1) is 17.5. The molecule has 0 saturated carbocycles. The van der Waals surface area contributed by atoms with Gasteiger partial charge in [0.25, 0.3) is 0 Å². The maximum Gasteiger partial charge on any atom is 0.573 e. The number of nitrogens with two attached hydrogens (primary N) is 1. The Morgan fingerprint density at radius 1 is 1.26 bits per heavy atom. The molecule has 1 unspecified atom stereocenters.